The number of rotatable bonds is 4. The van der Waals surface area contributed by atoms with Crippen molar-refractivity contribution in [1.82, 2.24) is 0 Å². The summed E-state index contributed by atoms with van der Waals surface area (Å²) in [5.74, 6) is -0.204. The van der Waals surface area contributed by atoms with Crippen molar-refractivity contribution < 1.29 is 9.59 Å². The van der Waals surface area contributed by atoms with E-state index in [1.54, 1.807) is 21.6 Å². The average Bonchev–Trinajstić information content (AvgIpc) is 2.76. The van der Waals surface area contributed by atoms with E-state index in [1.807, 2.05) is 92.0 Å². The SMILES string of the molecule is CSc1ccc(C2C(=O)N(c3ccc(C)cc3)CC(=O)N2c2ccccc2)cc1. The fraction of sp³-hybridized carbons (Fsp3) is 0.167. The molecule has 1 aliphatic rings. The minimum atomic E-state index is -0.698. The zero-order valence-corrected chi connectivity index (χ0v) is 17.2. The number of amides is 2. The number of carbonyl (C=O) groups excluding carboxylic acids is 2. The van der Waals surface area contributed by atoms with Crippen LogP contribution in [0, 0.1) is 6.92 Å². The molecule has 0 radical (unpaired) electrons. The molecule has 146 valence electrons. The molecule has 4 rings (SSSR count). The number of anilines is 2. The van der Waals surface area contributed by atoms with Gasteiger partial charge in [-0.25, -0.2) is 0 Å². The molecule has 1 saturated heterocycles. The number of para-hydroxylation sites is 1. The molecule has 5 heteroatoms. The maximum Gasteiger partial charge on any atom is 0.255 e. The lowest BCUT2D eigenvalue weighted by Gasteiger charge is -2.40. The van der Waals surface area contributed by atoms with Gasteiger partial charge in [0, 0.05) is 16.3 Å². The van der Waals surface area contributed by atoms with E-state index >= 15 is 0 Å². The molecule has 0 saturated carbocycles. The van der Waals surface area contributed by atoms with Crippen LogP contribution >= 0.6 is 11.8 Å². The van der Waals surface area contributed by atoms with Crippen molar-refractivity contribution in [2.75, 3.05) is 22.6 Å². The van der Waals surface area contributed by atoms with Gasteiger partial charge in [-0.3, -0.25) is 14.5 Å². The predicted molar refractivity (Wildman–Crippen MR) is 118 cm³/mol. The molecule has 0 bridgehead atoms. The highest BCUT2D eigenvalue weighted by Crippen LogP contribution is 2.35. The highest BCUT2D eigenvalue weighted by molar-refractivity contribution is 7.98. The minimum absolute atomic E-state index is 0.0240. The molecule has 1 aliphatic heterocycles. The number of nitrogens with zero attached hydrogens (tertiary/aromatic N) is 2. The number of aryl methyl sites for hydroxylation is 1. The van der Waals surface area contributed by atoms with Gasteiger partial charge in [0.1, 0.15) is 12.6 Å². The fourth-order valence-electron chi connectivity index (χ4n) is 3.59. The second-order valence-corrected chi connectivity index (χ2v) is 7.91. The first-order valence-electron chi connectivity index (χ1n) is 9.47. The van der Waals surface area contributed by atoms with Crippen molar-refractivity contribution in [3.8, 4) is 0 Å². The first kappa shape index (κ1) is 19.3. The van der Waals surface area contributed by atoms with E-state index in [0.717, 1.165) is 27.4 Å². The quantitative estimate of drug-likeness (QED) is 0.587. The highest BCUT2D eigenvalue weighted by atomic mass is 32.2. The van der Waals surface area contributed by atoms with Crippen LogP contribution in [0.5, 0.6) is 0 Å². The summed E-state index contributed by atoms with van der Waals surface area (Å²) >= 11 is 1.65. The molecule has 4 nitrogen and oxygen atoms in total. The summed E-state index contributed by atoms with van der Waals surface area (Å²) in [6, 6.07) is 24.3. The maximum atomic E-state index is 13.6. The Labute approximate surface area is 175 Å². The summed E-state index contributed by atoms with van der Waals surface area (Å²) in [4.78, 5) is 31.2. The van der Waals surface area contributed by atoms with Crippen molar-refractivity contribution >= 4 is 35.0 Å². The van der Waals surface area contributed by atoms with Gasteiger partial charge in [0.25, 0.3) is 5.91 Å². The third kappa shape index (κ3) is 3.78. The van der Waals surface area contributed by atoms with E-state index in [9.17, 15) is 9.59 Å². The van der Waals surface area contributed by atoms with Crippen LogP contribution in [0.3, 0.4) is 0 Å². The summed E-state index contributed by atoms with van der Waals surface area (Å²) < 4.78 is 0. The summed E-state index contributed by atoms with van der Waals surface area (Å²) in [7, 11) is 0. The largest absolute Gasteiger partial charge is 0.301 e. The molecule has 0 aromatic heterocycles. The van der Waals surface area contributed by atoms with E-state index < -0.39 is 6.04 Å². The van der Waals surface area contributed by atoms with Gasteiger partial charge >= 0.3 is 0 Å². The van der Waals surface area contributed by atoms with E-state index in [0.29, 0.717) is 0 Å². The van der Waals surface area contributed by atoms with Gasteiger partial charge in [-0.2, -0.15) is 0 Å². The third-order valence-electron chi connectivity index (χ3n) is 5.13. The van der Waals surface area contributed by atoms with E-state index in [2.05, 4.69) is 0 Å². The lowest BCUT2D eigenvalue weighted by Crippen LogP contribution is -2.56. The molecular formula is C24H22N2O2S. The Hall–Kier alpha value is -3.05. The first-order chi connectivity index (χ1) is 14.1. The average molecular weight is 403 g/mol. The Kier molecular flexibility index (Phi) is 5.41. The molecule has 1 fully saturated rings. The van der Waals surface area contributed by atoms with Crippen molar-refractivity contribution in [2.24, 2.45) is 0 Å². The van der Waals surface area contributed by atoms with Crippen molar-refractivity contribution in [2.45, 2.75) is 17.9 Å². The number of thioether (sulfide) groups is 1. The number of piperazine rings is 1. The van der Waals surface area contributed by atoms with Gasteiger partial charge in [0.15, 0.2) is 0 Å². The molecule has 3 aromatic carbocycles. The number of hydrogen-bond acceptors (Lipinski definition) is 3. The Morgan fingerprint density at radius 1 is 0.828 bits per heavy atom. The van der Waals surface area contributed by atoms with Crippen LogP contribution in [0.15, 0.2) is 83.8 Å². The second kappa shape index (κ2) is 8.13. The molecule has 3 aromatic rings. The highest BCUT2D eigenvalue weighted by Gasteiger charge is 2.41. The monoisotopic (exact) mass is 402 g/mol. The number of benzene rings is 3. The summed E-state index contributed by atoms with van der Waals surface area (Å²) in [6.45, 7) is 2.02. The normalized spacial score (nSPS) is 17.0. The molecule has 1 heterocycles. The predicted octanol–water partition coefficient (Wildman–Crippen LogP) is 4.84. The Morgan fingerprint density at radius 3 is 2.10 bits per heavy atom. The van der Waals surface area contributed by atoms with E-state index in [-0.39, 0.29) is 18.4 Å². The smallest absolute Gasteiger partial charge is 0.255 e. The van der Waals surface area contributed by atoms with Crippen LogP contribution in [0.2, 0.25) is 0 Å². The molecule has 29 heavy (non-hydrogen) atoms. The van der Waals surface area contributed by atoms with Gasteiger partial charge in [-0.15, -0.1) is 11.8 Å². The van der Waals surface area contributed by atoms with Crippen LogP contribution in [-0.4, -0.2) is 24.6 Å². The summed E-state index contributed by atoms with van der Waals surface area (Å²) in [5, 5.41) is 0. The topological polar surface area (TPSA) is 40.6 Å². The summed E-state index contributed by atoms with van der Waals surface area (Å²) in [5.41, 5.74) is 3.39. The number of hydrogen-bond donors (Lipinski definition) is 0. The molecule has 0 spiro atoms. The van der Waals surface area contributed by atoms with Crippen LogP contribution in [-0.2, 0) is 9.59 Å². The van der Waals surface area contributed by atoms with Crippen molar-refractivity contribution in [1.29, 1.82) is 0 Å². The molecule has 1 atom stereocenters. The third-order valence-corrected chi connectivity index (χ3v) is 5.88. The van der Waals surface area contributed by atoms with Crippen molar-refractivity contribution in [3.05, 3.63) is 90.0 Å². The van der Waals surface area contributed by atoms with E-state index in [4.69, 9.17) is 0 Å². The summed E-state index contributed by atoms with van der Waals surface area (Å²) in [6.07, 6.45) is 2.01. The van der Waals surface area contributed by atoms with Crippen LogP contribution < -0.4 is 9.80 Å². The van der Waals surface area contributed by atoms with Gasteiger partial charge in [-0.1, -0.05) is 48.0 Å². The molecule has 0 N–H and O–H groups in total. The second-order valence-electron chi connectivity index (χ2n) is 7.03. The maximum absolute atomic E-state index is 13.6. The zero-order chi connectivity index (χ0) is 20.4. The Balaban J connectivity index is 1.79. The van der Waals surface area contributed by atoms with Crippen molar-refractivity contribution in [3.63, 3.8) is 0 Å². The zero-order valence-electron chi connectivity index (χ0n) is 16.4. The van der Waals surface area contributed by atoms with Gasteiger partial charge in [-0.05, 0) is 55.1 Å². The first-order valence-corrected chi connectivity index (χ1v) is 10.7. The van der Waals surface area contributed by atoms with Gasteiger partial charge < -0.3 is 4.90 Å². The van der Waals surface area contributed by atoms with Gasteiger partial charge in [0.2, 0.25) is 5.91 Å². The van der Waals surface area contributed by atoms with Crippen LogP contribution in [0.1, 0.15) is 17.2 Å². The lowest BCUT2D eigenvalue weighted by atomic mass is 9.99. The Bertz CT molecular complexity index is 1020. The molecule has 1 unspecified atom stereocenters. The molecule has 0 aliphatic carbocycles. The van der Waals surface area contributed by atoms with Gasteiger partial charge in [0.05, 0.1) is 0 Å². The lowest BCUT2D eigenvalue weighted by molar-refractivity contribution is -0.128. The van der Waals surface area contributed by atoms with Crippen LogP contribution in [0.25, 0.3) is 0 Å². The minimum Gasteiger partial charge on any atom is -0.301 e. The van der Waals surface area contributed by atoms with E-state index in [1.165, 1.54) is 0 Å². The Morgan fingerprint density at radius 2 is 1.48 bits per heavy atom. The number of carbonyl (C=O) groups is 2. The molecule has 2 amide bonds. The molecular weight excluding hydrogens is 380 g/mol. The fourth-order valence-corrected chi connectivity index (χ4v) is 4.00. The standard InChI is InChI=1S/C24H22N2O2S/c1-17-8-12-19(13-9-17)25-16-22(27)26(20-6-4-3-5-7-20)23(24(25)28)18-10-14-21(29-2)15-11-18/h3-15,23H,16H2,1-2H3. The van der Waals surface area contributed by atoms with Crippen LogP contribution in [0.4, 0.5) is 11.4 Å².